The molecule has 2 aliphatic carbocycles. The zero-order chi connectivity index (χ0) is 19.8. The van der Waals surface area contributed by atoms with Crippen LogP contribution >= 0.6 is 0 Å². The first kappa shape index (κ1) is 18.7. The molecule has 0 spiro atoms. The first-order chi connectivity index (χ1) is 13.4. The lowest BCUT2D eigenvalue weighted by Crippen LogP contribution is -2.38. The summed E-state index contributed by atoms with van der Waals surface area (Å²) in [6, 6.07) is 9.83. The van der Waals surface area contributed by atoms with Crippen molar-refractivity contribution in [1.82, 2.24) is 10.3 Å². The molecule has 1 saturated carbocycles. The highest BCUT2D eigenvalue weighted by Gasteiger charge is 2.42. The molecule has 0 aliphatic heterocycles. The molecule has 2 aromatic rings. The number of pyridine rings is 1. The molecule has 1 aromatic heterocycles. The van der Waals surface area contributed by atoms with Gasteiger partial charge in [0.1, 0.15) is 5.56 Å². The molecule has 0 unspecified atom stereocenters. The van der Waals surface area contributed by atoms with Crippen LogP contribution in [0.5, 0.6) is 0 Å². The van der Waals surface area contributed by atoms with E-state index in [-0.39, 0.29) is 10.5 Å². The molecule has 0 bridgehead atoms. The van der Waals surface area contributed by atoms with Crippen molar-refractivity contribution in [2.75, 3.05) is 0 Å². The van der Waals surface area contributed by atoms with Gasteiger partial charge in [0.2, 0.25) is 0 Å². The number of sulfone groups is 1. The molecular formula is C21H22N2O4S. The fourth-order valence-electron chi connectivity index (χ4n) is 3.51. The molecule has 2 N–H and O–H groups in total. The third-order valence-corrected chi connectivity index (χ3v) is 6.80. The van der Waals surface area contributed by atoms with Crippen molar-refractivity contribution < 1.29 is 13.2 Å². The van der Waals surface area contributed by atoms with Gasteiger partial charge in [-0.1, -0.05) is 18.2 Å². The minimum Gasteiger partial charge on any atom is -0.343 e. The highest BCUT2D eigenvalue weighted by atomic mass is 32.2. The molecule has 7 heteroatoms. The number of aromatic amines is 1. The fraction of sp³-hybridized carbons (Fsp3) is 0.333. The largest absolute Gasteiger partial charge is 0.343 e. The first-order valence-corrected chi connectivity index (χ1v) is 11.0. The van der Waals surface area contributed by atoms with Crippen LogP contribution < -0.4 is 10.9 Å². The second kappa shape index (κ2) is 7.05. The minimum absolute atomic E-state index is 0.0891. The summed E-state index contributed by atoms with van der Waals surface area (Å²) in [6.07, 6.45) is 6.58. The molecule has 0 atom stereocenters. The second-order valence-corrected chi connectivity index (χ2v) is 9.33. The van der Waals surface area contributed by atoms with Gasteiger partial charge in [-0.25, -0.2) is 8.42 Å². The summed E-state index contributed by atoms with van der Waals surface area (Å²) >= 11 is 0. The zero-order valence-electron chi connectivity index (χ0n) is 15.4. The molecule has 146 valence electrons. The summed E-state index contributed by atoms with van der Waals surface area (Å²) in [5, 5.41) is 3.99. The highest BCUT2D eigenvalue weighted by molar-refractivity contribution is 7.94. The maximum Gasteiger partial charge on any atom is 0.261 e. The number of H-pyrrole nitrogens is 1. The van der Waals surface area contributed by atoms with Gasteiger partial charge in [-0.2, -0.15) is 0 Å². The number of nitrogens with one attached hydrogen (secondary N) is 2. The molecule has 0 radical (unpaired) electrons. The first-order valence-electron chi connectivity index (χ1n) is 9.46. The van der Waals surface area contributed by atoms with E-state index in [1.165, 1.54) is 18.2 Å². The van der Waals surface area contributed by atoms with Crippen molar-refractivity contribution in [2.45, 2.75) is 49.0 Å². The van der Waals surface area contributed by atoms with E-state index in [0.717, 1.165) is 42.3 Å². The van der Waals surface area contributed by atoms with Crippen LogP contribution in [-0.2, 0) is 22.7 Å². The van der Waals surface area contributed by atoms with Gasteiger partial charge in [0, 0.05) is 11.1 Å². The summed E-state index contributed by atoms with van der Waals surface area (Å²) in [4.78, 5) is 28.0. The Labute approximate surface area is 163 Å². The Balaban J connectivity index is 1.53. The molecule has 6 nitrogen and oxygen atoms in total. The van der Waals surface area contributed by atoms with Crippen LogP contribution in [0.2, 0.25) is 0 Å². The van der Waals surface area contributed by atoms with Crippen LogP contribution in [0.15, 0.2) is 57.6 Å². The van der Waals surface area contributed by atoms with Crippen LogP contribution in [-0.4, -0.2) is 24.8 Å². The van der Waals surface area contributed by atoms with Gasteiger partial charge in [0.25, 0.3) is 11.5 Å². The fourth-order valence-corrected chi connectivity index (χ4v) is 4.65. The van der Waals surface area contributed by atoms with E-state index in [1.807, 2.05) is 0 Å². The monoisotopic (exact) mass is 398 g/mol. The van der Waals surface area contributed by atoms with Gasteiger partial charge in [-0.05, 0) is 68.4 Å². The average molecular weight is 398 g/mol. The Kier molecular flexibility index (Phi) is 4.71. The predicted molar refractivity (Wildman–Crippen MR) is 106 cm³/mol. The molecule has 1 aromatic carbocycles. The number of benzene rings is 1. The van der Waals surface area contributed by atoms with E-state index < -0.39 is 26.8 Å². The van der Waals surface area contributed by atoms with Crippen molar-refractivity contribution in [1.29, 1.82) is 0 Å². The standard InChI is InChI=1S/C21H22N2O4S/c24-19-17(14-15-6-4-5-9-18(15)22-19)20(25)23-21(10-11-21)12-13-28(26,27)16-7-2-1-3-8-16/h1-3,7-8,12-14H,4-6,9-11H2,(H,22,24)(H,23,25)/b13-12+. The third kappa shape index (κ3) is 3.80. The van der Waals surface area contributed by atoms with E-state index in [2.05, 4.69) is 10.3 Å². The van der Waals surface area contributed by atoms with E-state index in [9.17, 15) is 18.0 Å². The smallest absolute Gasteiger partial charge is 0.261 e. The molecular weight excluding hydrogens is 376 g/mol. The van der Waals surface area contributed by atoms with Crippen molar-refractivity contribution in [2.24, 2.45) is 0 Å². The Bertz CT molecular complexity index is 1100. The van der Waals surface area contributed by atoms with Gasteiger partial charge in [-0.3, -0.25) is 9.59 Å². The molecule has 1 fully saturated rings. The van der Waals surface area contributed by atoms with Crippen LogP contribution in [0.3, 0.4) is 0 Å². The lowest BCUT2D eigenvalue weighted by molar-refractivity contribution is 0.0938. The van der Waals surface area contributed by atoms with E-state index >= 15 is 0 Å². The lowest BCUT2D eigenvalue weighted by Gasteiger charge is -2.17. The lowest BCUT2D eigenvalue weighted by atomic mass is 9.95. The third-order valence-electron chi connectivity index (χ3n) is 5.37. The number of hydrogen-bond acceptors (Lipinski definition) is 4. The van der Waals surface area contributed by atoms with E-state index in [1.54, 1.807) is 24.3 Å². The number of carbonyl (C=O) groups is 1. The number of rotatable bonds is 5. The molecule has 0 saturated heterocycles. The molecule has 1 amide bonds. The van der Waals surface area contributed by atoms with Gasteiger partial charge < -0.3 is 10.3 Å². The number of aryl methyl sites for hydroxylation is 2. The number of fused-ring (bicyclic) bond motifs is 1. The SMILES string of the molecule is O=C(NC1(/C=C/S(=O)(=O)c2ccccc2)CC1)c1cc2c([nH]c1=O)CCCC2. The Morgan fingerprint density at radius 1 is 1.11 bits per heavy atom. The van der Waals surface area contributed by atoms with Gasteiger partial charge in [0.15, 0.2) is 9.84 Å². The average Bonchev–Trinajstić information content (AvgIpc) is 3.46. The summed E-state index contributed by atoms with van der Waals surface area (Å²) in [7, 11) is -3.57. The minimum atomic E-state index is -3.57. The van der Waals surface area contributed by atoms with Gasteiger partial charge in [0.05, 0.1) is 10.4 Å². The van der Waals surface area contributed by atoms with Crippen LogP contribution in [0.1, 0.15) is 47.3 Å². The van der Waals surface area contributed by atoms with E-state index in [4.69, 9.17) is 0 Å². The Morgan fingerprint density at radius 3 is 2.54 bits per heavy atom. The number of amides is 1. The molecule has 28 heavy (non-hydrogen) atoms. The summed E-state index contributed by atoms with van der Waals surface area (Å²) < 4.78 is 24.8. The summed E-state index contributed by atoms with van der Waals surface area (Å²) in [6.45, 7) is 0. The quantitative estimate of drug-likeness (QED) is 0.809. The van der Waals surface area contributed by atoms with Gasteiger partial charge in [-0.15, -0.1) is 0 Å². The van der Waals surface area contributed by atoms with Gasteiger partial charge >= 0.3 is 0 Å². The Morgan fingerprint density at radius 2 is 1.82 bits per heavy atom. The van der Waals surface area contributed by atoms with Crippen LogP contribution in [0.4, 0.5) is 0 Å². The Hall–Kier alpha value is -2.67. The zero-order valence-corrected chi connectivity index (χ0v) is 16.2. The number of carbonyl (C=O) groups excluding carboxylic acids is 1. The summed E-state index contributed by atoms with van der Waals surface area (Å²) in [5.74, 6) is -0.464. The van der Waals surface area contributed by atoms with Crippen molar-refractivity contribution in [3.05, 3.63) is 75.1 Å². The molecule has 4 rings (SSSR count). The summed E-state index contributed by atoms with van der Waals surface area (Å²) in [5.41, 5.74) is 0.924. The number of hydrogen-bond donors (Lipinski definition) is 2. The molecule has 2 aliphatic rings. The normalized spacial score (nSPS) is 17.9. The van der Waals surface area contributed by atoms with Crippen LogP contribution in [0.25, 0.3) is 0 Å². The van der Waals surface area contributed by atoms with Crippen molar-refractivity contribution in [3.8, 4) is 0 Å². The van der Waals surface area contributed by atoms with Crippen LogP contribution in [0, 0.1) is 0 Å². The maximum atomic E-state index is 12.7. The predicted octanol–water partition coefficient (Wildman–Crippen LogP) is 2.50. The second-order valence-electron chi connectivity index (χ2n) is 7.49. The van der Waals surface area contributed by atoms with Crippen molar-refractivity contribution in [3.63, 3.8) is 0 Å². The topological polar surface area (TPSA) is 96.1 Å². The van der Waals surface area contributed by atoms with E-state index in [0.29, 0.717) is 12.8 Å². The highest BCUT2D eigenvalue weighted by Crippen LogP contribution is 2.37. The maximum absolute atomic E-state index is 12.7. The number of aromatic nitrogens is 1. The van der Waals surface area contributed by atoms with Crippen molar-refractivity contribution >= 4 is 15.7 Å². The molecule has 1 heterocycles.